The number of fused-ring (bicyclic) bond motifs is 8. The van der Waals surface area contributed by atoms with Crippen LogP contribution in [0.15, 0.2) is 24.3 Å². The summed E-state index contributed by atoms with van der Waals surface area (Å²) in [6.45, 7) is 18.2. The van der Waals surface area contributed by atoms with Crippen LogP contribution in [0, 0.1) is 0 Å². The minimum atomic E-state index is 0. The van der Waals surface area contributed by atoms with E-state index in [1.165, 1.54) is 67.0 Å². The molecule has 4 nitrogen and oxygen atoms in total. The van der Waals surface area contributed by atoms with E-state index < -0.39 is 0 Å². The quantitative estimate of drug-likeness (QED) is 0.253. The van der Waals surface area contributed by atoms with Crippen LogP contribution in [0.4, 0.5) is 0 Å². The summed E-state index contributed by atoms with van der Waals surface area (Å²) in [4.78, 5) is 18.5. The first-order valence-electron chi connectivity index (χ1n) is 15.7. The van der Waals surface area contributed by atoms with Gasteiger partial charge in [0, 0.05) is 52.7 Å². The molecule has 2 N–H and O–H groups in total. The molecular formula is C36H46N4Zn. The van der Waals surface area contributed by atoms with Crippen molar-refractivity contribution in [3.63, 3.8) is 0 Å². The molecule has 2 aliphatic heterocycles. The molecule has 0 saturated heterocycles. The number of H-pyrrole nitrogens is 2. The number of allylic oxidation sites excluding steroid dienone is 4. The predicted octanol–water partition coefficient (Wildman–Crippen LogP) is 10.0. The van der Waals surface area contributed by atoms with E-state index in [-0.39, 0.29) is 19.5 Å². The Labute approximate surface area is 259 Å². The first-order valence-corrected chi connectivity index (χ1v) is 15.7. The third kappa shape index (κ3) is 5.20. The fraction of sp³-hybridized carbons (Fsp3) is 0.444. The van der Waals surface area contributed by atoms with Gasteiger partial charge < -0.3 is 9.97 Å². The summed E-state index contributed by atoms with van der Waals surface area (Å²) in [6.07, 6.45) is 7.74. The van der Waals surface area contributed by atoms with E-state index in [0.29, 0.717) is 0 Å². The summed E-state index contributed by atoms with van der Waals surface area (Å²) in [5.74, 6) is 0. The number of nitrogens with one attached hydrogen (secondary N) is 2. The van der Waals surface area contributed by atoms with Gasteiger partial charge >= 0.3 is 0 Å². The van der Waals surface area contributed by atoms with E-state index in [0.717, 1.165) is 73.8 Å². The molecule has 5 heteroatoms. The van der Waals surface area contributed by atoms with Gasteiger partial charge in [0.2, 0.25) is 0 Å². The third-order valence-electron chi connectivity index (χ3n) is 8.91. The number of aromatic nitrogens is 4. The van der Waals surface area contributed by atoms with Crippen molar-refractivity contribution in [2.75, 3.05) is 0 Å². The standard InChI is InChI=1S/C36H46N4.Zn/c1-9-23-25(11-3)33-29(15-7)35-27(13-5)28(14-6)36(40-35)30(16-8)34-26(12-4)24(10-2)32(39-34)20-22-18-17-21(37-22)19-31(23)38-33;/h17-20,37-38H,9-16H2,1-8H3;. The van der Waals surface area contributed by atoms with Crippen LogP contribution in [0.5, 0.6) is 0 Å². The maximum Gasteiger partial charge on any atom is 0.0726 e. The minimum absolute atomic E-state index is 0. The van der Waals surface area contributed by atoms with Gasteiger partial charge in [0.15, 0.2) is 0 Å². The summed E-state index contributed by atoms with van der Waals surface area (Å²) < 4.78 is 0. The van der Waals surface area contributed by atoms with Gasteiger partial charge in [-0.2, -0.15) is 0 Å². The molecule has 0 atom stereocenters. The molecule has 0 saturated carbocycles. The summed E-state index contributed by atoms with van der Waals surface area (Å²) in [7, 11) is 0. The molecule has 3 aromatic rings. The smallest absolute Gasteiger partial charge is 0.0726 e. The molecule has 0 amide bonds. The average molecular weight is 600 g/mol. The van der Waals surface area contributed by atoms with E-state index in [4.69, 9.17) is 9.97 Å². The second kappa shape index (κ2) is 13.0. The third-order valence-corrected chi connectivity index (χ3v) is 8.91. The van der Waals surface area contributed by atoms with Crippen LogP contribution < -0.4 is 0 Å². The zero-order valence-electron chi connectivity index (χ0n) is 26.6. The molecule has 0 fully saturated rings. The van der Waals surface area contributed by atoms with Gasteiger partial charge in [-0.05, 0) is 109 Å². The van der Waals surface area contributed by atoms with Crippen molar-refractivity contribution >= 4 is 44.4 Å². The number of hydrogen-bond acceptors (Lipinski definition) is 2. The second-order valence-corrected chi connectivity index (χ2v) is 10.9. The molecule has 5 rings (SSSR count). The molecule has 0 unspecified atom stereocenters. The molecule has 0 aliphatic carbocycles. The largest absolute Gasteiger partial charge is 0.355 e. The normalized spacial score (nSPS) is 13.3. The van der Waals surface area contributed by atoms with Gasteiger partial charge in [-0.15, -0.1) is 0 Å². The number of nitrogens with zero attached hydrogens (tertiary/aromatic N) is 2. The summed E-state index contributed by atoms with van der Waals surface area (Å²) in [6, 6.07) is 8.89. The van der Waals surface area contributed by atoms with Gasteiger partial charge in [-0.25, -0.2) is 9.97 Å². The fourth-order valence-electron chi connectivity index (χ4n) is 7.07. The van der Waals surface area contributed by atoms with Crippen molar-refractivity contribution in [2.45, 2.75) is 107 Å². The molecular weight excluding hydrogens is 554 g/mol. The SMILES string of the molecule is CCC1=C(CC)c2nc1cc1ccc(cc3[nH]c(c(CC)c4nc(c2CC)C(CC)=C4CC)c(CC)c3CC)[nH]1.[Zn]. The van der Waals surface area contributed by atoms with Crippen LogP contribution in [0.1, 0.15) is 126 Å². The van der Waals surface area contributed by atoms with Crippen LogP contribution in [-0.4, -0.2) is 19.9 Å². The monoisotopic (exact) mass is 598 g/mol. The number of aromatic amines is 2. The van der Waals surface area contributed by atoms with Gasteiger partial charge in [0.25, 0.3) is 0 Å². The van der Waals surface area contributed by atoms with E-state index >= 15 is 0 Å². The molecule has 5 heterocycles. The molecule has 0 spiro atoms. The average Bonchev–Trinajstić information content (AvgIpc) is 3.73. The number of aryl methyl sites for hydroxylation is 3. The van der Waals surface area contributed by atoms with E-state index in [1.54, 1.807) is 0 Å². The van der Waals surface area contributed by atoms with Gasteiger partial charge in [0.1, 0.15) is 0 Å². The second-order valence-electron chi connectivity index (χ2n) is 10.9. The Morgan fingerprint density at radius 1 is 0.488 bits per heavy atom. The summed E-state index contributed by atoms with van der Waals surface area (Å²) in [5.41, 5.74) is 20.3. The zero-order valence-corrected chi connectivity index (χ0v) is 29.5. The van der Waals surface area contributed by atoms with Crippen molar-refractivity contribution in [3.05, 3.63) is 69.3 Å². The van der Waals surface area contributed by atoms with Gasteiger partial charge in [0.05, 0.1) is 22.8 Å². The molecule has 41 heavy (non-hydrogen) atoms. The van der Waals surface area contributed by atoms with Crippen LogP contribution in [0.2, 0.25) is 0 Å². The van der Waals surface area contributed by atoms with Gasteiger partial charge in [-0.1, -0.05) is 55.4 Å². The molecule has 212 valence electrons. The van der Waals surface area contributed by atoms with Crippen molar-refractivity contribution < 1.29 is 19.5 Å². The van der Waals surface area contributed by atoms with Crippen molar-refractivity contribution in [3.8, 4) is 0 Å². The maximum absolute atomic E-state index is 5.57. The zero-order chi connectivity index (χ0) is 28.6. The fourth-order valence-corrected chi connectivity index (χ4v) is 7.07. The maximum atomic E-state index is 5.57. The van der Waals surface area contributed by atoms with Gasteiger partial charge in [-0.3, -0.25) is 0 Å². The van der Waals surface area contributed by atoms with Crippen molar-refractivity contribution in [1.82, 2.24) is 19.9 Å². The van der Waals surface area contributed by atoms with E-state index in [1.807, 2.05) is 0 Å². The Hall–Kier alpha value is -2.78. The van der Waals surface area contributed by atoms with Crippen molar-refractivity contribution in [1.29, 1.82) is 0 Å². The Bertz CT molecular complexity index is 1680. The minimum Gasteiger partial charge on any atom is -0.355 e. The van der Waals surface area contributed by atoms with Crippen LogP contribution in [0.3, 0.4) is 0 Å². The Balaban J connectivity index is 0.00000387. The van der Waals surface area contributed by atoms with Crippen LogP contribution >= 0.6 is 0 Å². The van der Waals surface area contributed by atoms with Crippen molar-refractivity contribution in [2.24, 2.45) is 0 Å². The first-order chi connectivity index (χ1) is 19.5. The van der Waals surface area contributed by atoms with Crippen LogP contribution in [-0.2, 0) is 45.2 Å². The number of rotatable bonds is 8. The molecule has 3 aromatic heterocycles. The topological polar surface area (TPSA) is 57.4 Å². The molecule has 0 aromatic carbocycles. The Kier molecular flexibility index (Phi) is 9.90. The summed E-state index contributed by atoms with van der Waals surface area (Å²) in [5, 5.41) is 0. The number of hydrogen-bond donors (Lipinski definition) is 2. The van der Waals surface area contributed by atoms with E-state index in [9.17, 15) is 0 Å². The predicted molar refractivity (Wildman–Crippen MR) is 173 cm³/mol. The van der Waals surface area contributed by atoms with E-state index in [2.05, 4.69) is 89.6 Å². The first kappa shape index (κ1) is 31.2. The molecule has 0 radical (unpaired) electrons. The van der Waals surface area contributed by atoms with Crippen LogP contribution in [0.25, 0.3) is 44.4 Å². The Morgan fingerprint density at radius 3 is 1.51 bits per heavy atom. The summed E-state index contributed by atoms with van der Waals surface area (Å²) >= 11 is 0. The molecule has 2 aliphatic rings. The Morgan fingerprint density at radius 2 is 0.976 bits per heavy atom. The molecule has 8 bridgehead atoms.